The molecule has 2 heterocycles. The molecular formula is C10H10ClN5S. The van der Waals surface area contributed by atoms with Crippen molar-refractivity contribution >= 4 is 29.2 Å². The molecule has 88 valence electrons. The van der Waals surface area contributed by atoms with E-state index in [4.69, 9.17) is 17.3 Å². The highest BCUT2D eigenvalue weighted by atomic mass is 35.5. The van der Waals surface area contributed by atoms with Crippen LogP contribution < -0.4 is 5.73 Å². The third kappa shape index (κ3) is 3.28. The van der Waals surface area contributed by atoms with Crippen molar-refractivity contribution in [2.45, 2.75) is 17.8 Å². The number of aryl methyl sites for hydroxylation is 1. The first-order chi connectivity index (χ1) is 8.15. The summed E-state index contributed by atoms with van der Waals surface area (Å²) >= 11 is 7.22. The van der Waals surface area contributed by atoms with Gasteiger partial charge in [-0.25, -0.2) is 9.97 Å². The summed E-state index contributed by atoms with van der Waals surface area (Å²) in [5.41, 5.74) is 7.38. The molecule has 0 aliphatic heterocycles. The summed E-state index contributed by atoms with van der Waals surface area (Å²) in [6.07, 6.45) is 3.33. The highest BCUT2D eigenvalue weighted by Crippen LogP contribution is 2.21. The second-order valence-corrected chi connectivity index (χ2v) is 4.60. The van der Waals surface area contributed by atoms with Gasteiger partial charge in [-0.05, 0) is 6.92 Å². The van der Waals surface area contributed by atoms with Crippen molar-refractivity contribution < 1.29 is 0 Å². The fourth-order valence-corrected chi connectivity index (χ4v) is 2.31. The Morgan fingerprint density at radius 1 is 1.29 bits per heavy atom. The molecule has 5 nitrogen and oxygen atoms in total. The topological polar surface area (TPSA) is 77.6 Å². The van der Waals surface area contributed by atoms with E-state index in [2.05, 4.69) is 19.9 Å². The van der Waals surface area contributed by atoms with E-state index in [1.807, 2.05) is 6.92 Å². The fraction of sp³-hybridized carbons (Fsp3) is 0.200. The summed E-state index contributed by atoms with van der Waals surface area (Å²) in [6, 6.07) is 1.51. The van der Waals surface area contributed by atoms with Crippen LogP contribution in [0, 0.1) is 6.92 Å². The Balaban J connectivity index is 2.10. The van der Waals surface area contributed by atoms with Gasteiger partial charge < -0.3 is 5.73 Å². The van der Waals surface area contributed by atoms with E-state index < -0.39 is 0 Å². The summed E-state index contributed by atoms with van der Waals surface area (Å²) in [4.78, 5) is 16.5. The van der Waals surface area contributed by atoms with E-state index in [1.165, 1.54) is 17.8 Å². The summed E-state index contributed by atoms with van der Waals surface area (Å²) < 4.78 is 0. The molecule has 0 aliphatic rings. The van der Waals surface area contributed by atoms with Crippen LogP contribution in [0.15, 0.2) is 23.6 Å². The van der Waals surface area contributed by atoms with Crippen LogP contribution >= 0.6 is 23.4 Å². The van der Waals surface area contributed by atoms with Gasteiger partial charge in [0.15, 0.2) is 5.16 Å². The zero-order chi connectivity index (χ0) is 12.3. The van der Waals surface area contributed by atoms with Crippen molar-refractivity contribution in [2.75, 3.05) is 5.73 Å². The summed E-state index contributed by atoms with van der Waals surface area (Å²) in [5, 5.41) is 0.885. The van der Waals surface area contributed by atoms with Crippen LogP contribution in [-0.4, -0.2) is 19.9 Å². The molecular weight excluding hydrogens is 258 g/mol. The van der Waals surface area contributed by atoms with Crippen molar-refractivity contribution in [1.29, 1.82) is 0 Å². The summed E-state index contributed by atoms with van der Waals surface area (Å²) in [5.74, 6) is 1.00. The predicted molar refractivity (Wildman–Crippen MR) is 67.8 cm³/mol. The monoisotopic (exact) mass is 267 g/mol. The number of hydrogen-bond donors (Lipinski definition) is 1. The van der Waals surface area contributed by atoms with Crippen molar-refractivity contribution in [1.82, 2.24) is 19.9 Å². The van der Waals surface area contributed by atoms with Gasteiger partial charge >= 0.3 is 0 Å². The van der Waals surface area contributed by atoms with Gasteiger partial charge in [0.25, 0.3) is 0 Å². The maximum absolute atomic E-state index is 5.79. The van der Waals surface area contributed by atoms with Gasteiger partial charge in [-0.3, -0.25) is 9.97 Å². The molecule has 0 bridgehead atoms. The van der Waals surface area contributed by atoms with Crippen LogP contribution in [0.2, 0.25) is 5.15 Å². The molecule has 7 heteroatoms. The normalized spacial score (nSPS) is 10.5. The molecule has 2 aromatic rings. The van der Waals surface area contributed by atoms with E-state index in [9.17, 15) is 0 Å². The lowest BCUT2D eigenvalue weighted by atomic mass is 10.4. The van der Waals surface area contributed by atoms with E-state index in [0.717, 1.165) is 11.4 Å². The van der Waals surface area contributed by atoms with Crippen LogP contribution in [-0.2, 0) is 5.75 Å². The minimum Gasteiger partial charge on any atom is -0.384 e. The lowest BCUT2D eigenvalue weighted by Gasteiger charge is -2.03. The van der Waals surface area contributed by atoms with Gasteiger partial charge in [0, 0.05) is 24.2 Å². The maximum Gasteiger partial charge on any atom is 0.191 e. The highest BCUT2D eigenvalue weighted by molar-refractivity contribution is 7.98. The van der Waals surface area contributed by atoms with Crippen molar-refractivity contribution in [3.05, 3.63) is 35.0 Å². The van der Waals surface area contributed by atoms with Gasteiger partial charge in [0.1, 0.15) is 11.0 Å². The maximum atomic E-state index is 5.79. The molecule has 2 aromatic heterocycles. The smallest absolute Gasteiger partial charge is 0.191 e. The number of anilines is 1. The molecule has 0 atom stereocenters. The van der Waals surface area contributed by atoms with Gasteiger partial charge in [0.2, 0.25) is 0 Å². The van der Waals surface area contributed by atoms with Crippen LogP contribution in [0.4, 0.5) is 5.82 Å². The summed E-state index contributed by atoms with van der Waals surface area (Å²) in [7, 11) is 0. The van der Waals surface area contributed by atoms with E-state index >= 15 is 0 Å². The molecule has 0 fully saturated rings. The Morgan fingerprint density at radius 2 is 2.06 bits per heavy atom. The van der Waals surface area contributed by atoms with Crippen molar-refractivity contribution in [3.8, 4) is 0 Å². The average Bonchev–Trinajstić information content (AvgIpc) is 2.27. The predicted octanol–water partition coefficient (Wildman–Crippen LogP) is 2.10. The molecule has 0 amide bonds. The standard InChI is InChI=1S/C10H10ClN5S/c1-6-7(14-3-2-13-6)5-17-10-15-8(11)4-9(12)16-10/h2-4H,5H2,1H3,(H2,12,15,16). The SMILES string of the molecule is Cc1nccnc1CSc1nc(N)cc(Cl)n1. The molecule has 0 aromatic carbocycles. The molecule has 0 saturated heterocycles. The molecule has 0 radical (unpaired) electrons. The average molecular weight is 268 g/mol. The Bertz CT molecular complexity index is 514. The Kier molecular flexibility index (Phi) is 3.75. The molecule has 0 unspecified atom stereocenters. The lowest BCUT2D eigenvalue weighted by molar-refractivity contribution is 0.968. The number of thioether (sulfide) groups is 1. The highest BCUT2D eigenvalue weighted by Gasteiger charge is 2.05. The zero-order valence-electron chi connectivity index (χ0n) is 9.09. The third-order valence-corrected chi connectivity index (χ3v) is 3.07. The van der Waals surface area contributed by atoms with Crippen LogP contribution in [0.5, 0.6) is 0 Å². The van der Waals surface area contributed by atoms with Crippen LogP contribution in [0.25, 0.3) is 0 Å². The molecule has 2 rings (SSSR count). The van der Waals surface area contributed by atoms with E-state index in [0.29, 0.717) is 21.9 Å². The third-order valence-electron chi connectivity index (χ3n) is 2.02. The number of aromatic nitrogens is 4. The van der Waals surface area contributed by atoms with Crippen LogP contribution in [0.1, 0.15) is 11.4 Å². The Morgan fingerprint density at radius 3 is 2.76 bits per heavy atom. The number of nitrogen functional groups attached to an aromatic ring is 1. The quantitative estimate of drug-likeness (QED) is 0.521. The van der Waals surface area contributed by atoms with Crippen molar-refractivity contribution in [3.63, 3.8) is 0 Å². The van der Waals surface area contributed by atoms with Gasteiger partial charge in [-0.2, -0.15) is 0 Å². The number of nitrogens with two attached hydrogens (primary N) is 1. The minimum atomic E-state index is 0.343. The first-order valence-corrected chi connectivity index (χ1v) is 6.21. The van der Waals surface area contributed by atoms with Gasteiger partial charge in [-0.15, -0.1) is 0 Å². The molecule has 0 aliphatic carbocycles. The van der Waals surface area contributed by atoms with Crippen LogP contribution in [0.3, 0.4) is 0 Å². The molecule has 0 saturated carbocycles. The van der Waals surface area contributed by atoms with E-state index in [1.54, 1.807) is 12.4 Å². The van der Waals surface area contributed by atoms with Gasteiger partial charge in [0.05, 0.1) is 11.4 Å². The second kappa shape index (κ2) is 5.29. The Labute approximate surface area is 108 Å². The van der Waals surface area contributed by atoms with Gasteiger partial charge in [-0.1, -0.05) is 23.4 Å². The minimum absolute atomic E-state index is 0.343. The first-order valence-electron chi connectivity index (χ1n) is 4.84. The zero-order valence-corrected chi connectivity index (χ0v) is 10.7. The lowest BCUT2D eigenvalue weighted by Crippen LogP contribution is -1.97. The molecule has 0 spiro atoms. The molecule has 17 heavy (non-hydrogen) atoms. The number of nitrogens with zero attached hydrogens (tertiary/aromatic N) is 4. The fourth-order valence-electron chi connectivity index (χ4n) is 1.19. The number of rotatable bonds is 3. The number of halogens is 1. The summed E-state index contributed by atoms with van der Waals surface area (Å²) in [6.45, 7) is 1.91. The first kappa shape index (κ1) is 12.1. The van der Waals surface area contributed by atoms with E-state index in [-0.39, 0.29) is 0 Å². The number of hydrogen-bond acceptors (Lipinski definition) is 6. The largest absolute Gasteiger partial charge is 0.384 e. The Hall–Kier alpha value is -1.40. The second-order valence-electron chi connectivity index (χ2n) is 3.28. The molecule has 2 N–H and O–H groups in total. The van der Waals surface area contributed by atoms with Crippen molar-refractivity contribution in [2.24, 2.45) is 0 Å².